The van der Waals surface area contributed by atoms with E-state index in [2.05, 4.69) is 15.9 Å². The summed E-state index contributed by atoms with van der Waals surface area (Å²) in [5, 5.41) is 10.2. The van der Waals surface area contributed by atoms with Crippen LogP contribution in [-0.4, -0.2) is 68.7 Å². The fourth-order valence-electron chi connectivity index (χ4n) is 3.72. The number of hydrogen-bond acceptors (Lipinski definition) is 5. The van der Waals surface area contributed by atoms with E-state index in [0.717, 1.165) is 50.5 Å². The number of benzene rings is 1. The van der Waals surface area contributed by atoms with E-state index in [0.29, 0.717) is 19.3 Å². The molecular formula is C19H30N2O3. The van der Waals surface area contributed by atoms with Crippen molar-refractivity contribution in [2.45, 2.75) is 37.9 Å². The largest absolute Gasteiger partial charge is 0.495 e. The van der Waals surface area contributed by atoms with E-state index in [-0.39, 0.29) is 6.10 Å². The van der Waals surface area contributed by atoms with E-state index in [9.17, 15) is 5.11 Å². The zero-order valence-corrected chi connectivity index (χ0v) is 14.7. The van der Waals surface area contributed by atoms with Gasteiger partial charge in [-0.1, -0.05) is 25.0 Å². The molecule has 1 aromatic rings. The summed E-state index contributed by atoms with van der Waals surface area (Å²) in [6, 6.07) is 8.16. The van der Waals surface area contributed by atoms with Crippen molar-refractivity contribution < 1.29 is 14.6 Å². The maximum absolute atomic E-state index is 10.2. The molecule has 0 amide bonds. The Morgan fingerprint density at radius 3 is 2.54 bits per heavy atom. The van der Waals surface area contributed by atoms with E-state index in [1.54, 1.807) is 7.11 Å². The molecule has 1 saturated heterocycles. The summed E-state index contributed by atoms with van der Waals surface area (Å²) in [4.78, 5) is 4.69. The Balaban J connectivity index is 1.41. The fourth-order valence-corrected chi connectivity index (χ4v) is 3.72. The zero-order valence-electron chi connectivity index (χ0n) is 14.7. The van der Waals surface area contributed by atoms with Crippen molar-refractivity contribution >= 4 is 5.69 Å². The second-order valence-electron chi connectivity index (χ2n) is 6.85. The molecular weight excluding hydrogens is 304 g/mol. The molecule has 1 aliphatic carbocycles. The molecule has 5 heteroatoms. The zero-order chi connectivity index (χ0) is 16.8. The number of aliphatic hydroxyl groups excluding tert-OH is 1. The molecule has 1 aliphatic heterocycles. The minimum atomic E-state index is -0.386. The van der Waals surface area contributed by atoms with Crippen molar-refractivity contribution in [2.24, 2.45) is 0 Å². The number of nitrogens with zero attached hydrogens (tertiary/aromatic N) is 2. The minimum absolute atomic E-state index is 0.377. The molecule has 1 unspecified atom stereocenters. The van der Waals surface area contributed by atoms with Gasteiger partial charge in [-0.15, -0.1) is 0 Å². The SMILES string of the molecule is COc1ccccc1N1CCN(CC(O)COC2CCCC2)CC1. The summed E-state index contributed by atoms with van der Waals surface area (Å²) in [5.41, 5.74) is 1.16. The maximum atomic E-state index is 10.2. The molecule has 2 fully saturated rings. The number of aliphatic hydroxyl groups is 1. The normalized spacial score (nSPS) is 21.2. The van der Waals surface area contributed by atoms with E-state index in [1.165, 1.54) is 12.8 Å². The first kappa shape index (κ1) is 17.5. The van der Waals surface area contributed by atoms with Crippen molar-refractivity contribution in [3.8, 4) is 5.75 Å². The highest BCUT2D eigenvalue weighted by Crippen LogP contribution is 2.28. The van der Waals surface area contributed by atoms with Gasteiger partial charge in [-0.2, -0.15) is 0 Å². The van der Waals surface area contributed by atoms with Gasteiger partial charge in [0.05, 0.1) is 31.6 Å². The molecule has 1 heterocycles. The maximum Gasteiger partial charge on any atom is 0.142 e. The molecule has 1 saturated carbocycles. The first-order valence-electron chi connectivity index (χ1n) is 9.16. The van der Waals surface area contributed by atoms with Gasteiger partial charge in [0.15, 0.2) is 0 Å². The lowest BCUT2D eigenvalue weighted by atomic mass is 10.2. The number of para-hydroxylation sites is 2. The van der Waals surface area contributed by atoms with Crippen LogP contribution in [0, 0.1) is 0 Å². The Bertz CT molecular complexity index is 497. The van der Waals surface area contributed by atoms with Gasteiger partial charge in [-0.05, 0) is 25.0 Å². The van der Waals surface area contributed by atoms with Gasteiger partial charge in [0.2, 0.25) is 0 Å². The lowest BCUT2D eigenvalue weighted by Crippen LogP contribution is -2.49. The van der Waals surface area contributed by atoms with Gasteiger partial charge in [0.1, 0.15) is 5.75 Å². The highest BCUT2D eigenvalue weighted by atomic mass is 16.5. The summed E-state index contributed by atoms with van der Waals surface area (Å²) < 4.78 is 11.3. The number of methoxy groups -OCH3 is 1. The van der Waals surface area contributed by atoms with Crippen LogP contribution in [0.25, 0.3) is 0 Å². The first-order chi connectivity index (χ1) is 11.8. The third-order valence-electron chi connectivity index (χ3n) is 5.09. The molecule has 0 spiro atoms. The molecule has 5 nitrogen and oxygen atoms in total. The van der Waals surface area contributed by atoms with Crippen molar-refractivity contribution in [3.63, 3.8) is 0 Å². The van der Waals surface area contributed by atoms with Crippen LogP contribution in [0.5, 0.6) is 5.75 Å². The van der Waals surface area contributed by atoms with Gasteiger partial charge in [0, 0.05) is 32.7 Å². The van der Waals surface area contributed by atoms with Crippen LogP contribution >= 0.6 is 0 Å². The predicted octanol–water partition coefficient (Wildman–Crippen LogP) is 2.14. The Morgan fingerprint density at radius 1 is 1.12 bits per heavy atom. The number of hydrogen-bond donors (Lipinski definition) is 1. The topological polar surface area (TPSA) is 45.2 Å². The summed E-state index contributed by atoms with van der Waals surface area (Å²) in [5.74, 6) is 0.927. The predicted molar refractivity (Wildman–Crippen MR) is 95.9 cm³/mol. The molecule has 0 bridgehead atoms. The Morgan fingerprint density at radius 2 is 1.83 bits per heavy atom. The van der Waals surface area contributed by atoms with Crippen LogP contribution in [0.4, 0.5) is 5.69 Å². The number of piperazine rings is 1. The molecule has 2 aliphatic rings. The van der Waals surface area contributed by atoms with Crippen LogP contribution in [0.1, 0.15) is 25.7 Å². The van der Waals surface area contributed by atoms with Crippen LogP contribution < -0.4 is 9.64 Å². The van der Waals surface area contributed by atoms with E-state index in [1.807, 2.05) is 18.2 Å². The van der Waals surface area contributed by atoms with E-state index >= 15 is 0 Å². The van der Waals surface area contributed by atoms with Gasteiger partial charge in [-0.3, -0.25) is 4.90 Å². The molecule has 0 radical (unpaired) electrons. The summed E-state index contributed by atoms with van der Waals surface area (Å²) >= 11 is 0. The Labute approximate surface area is 145 Å². The summed E-state index contributed by atoms with van der Waals surface area (Å²) in [6.07, 6.45) is 4.84. The number of ether oxygens (including phenoxy) is 2. The quantitative estimate of drug-likeness (QED) is 0.828. The average Bonchev–Trinajstić information content (AvgIpc) is 3.14. The van der Waals surface area contributed by atoms with Gasteiger partial charge in [-0.25, -0.2) is 0 Å². The number of rotatable bonds is 7. The van der Waals surface area contributed by atoms with Crippen LogP contribution in [0.2, 0.25) is 0 Å². The van der Waals surface area contributed by atoms with Crippen LogP contribution in [0.15, 0.2) is 24.3 Å². The molecule has 1 aromatic carbocycles. The van der Waals surface area contributed by atoms with Gasteiger partial charge in [0.25, 0.3) is 0 Å². The van der Waals surface area contributed by atoms with Gasteiger partial charge < -0.3 is 19.5 Å². The second kappa shape index (κ2) is 8.70. The van der Waals surface area contributed by atoms with E-state index in [4.69, 9.17) is 9.47 Å². The van der Waals surface area contributed by atoms with Crippen molar-refractivity contribution in [1.82, 2.24) is 4.90 Å². The lowest BCUT2D eigenvalue weighted by Gasteiger charge is -2.37. The third kappa shape index (κ3) is 4.62. The first-order valence-corrected chi connectivity index (χ1v) is 9.16. The lowest BCUT2D eigenvalue weighted by molar-refractivity contribution is -0.0188. The fraction of sp³-hybridized carbons (Fsp3) is 0.684. The Hall–Kier alpha value is -1.30. The van der Waals surface area contributed by atoms with Crippen LogP contribution in [-0.2, 0) is 4.74 Å². The number of anilines is 1. The smallest absolute Gasteiger partial charge is 0.142 e. The Kier molecular flexibility index (Phi) is 6.35. The average molecular weight is 334 g/mol. The summed E-state index contributed by atoms with van der Waals surface area (Å²) in [7, 11) is 1.72. The van der Waals surface area contributed by atoms with Crippen LogP contribution in [0.3, 0.4) is 0 Å². The van der Waals surface area contributed by atoms with Crippen molar-refractivity contribution in [3.05, 3.63) is 24.3 Å². The summed E-state index contributed by atoms with van der Waals surface area (Å²) in [6.45, 7) is 4.99. The van der Waals surface area contributed by atoms with E-state index < -0.39 is 0 Å². The highest BCUT2D eigenvalue weighted by Gasteiger charge is 2.22. The number of β-amino-alcohol motifs (C(OH)–C–C–N with tert-alkyl or cyclic N) is 1. The van der Waals surface area contributed by atoms with Crippen molar-refractivity contribution in [1.29, 1.82) is 0 Å². The van der Waals surface area contributed by atoms with Crippen molar-refractivity contribution in [2.75, 3.05) is 51.3 Å². The standard InChI is InChI=1S/C19H30N2O3/c1-23-19-9-5-4-8-18(19)21-12-10-20(11-13-21)14-16(22)15-24-17-6-2-3-7-17/h4-5,8-9,16-17,22H,2-3,6-7,10-15H2,1H3. The molecule has 134 valence electrons. The molecule has 0 aromatic heterocycles. The molecule has 1 N–H and O–H groups in total. The third-order valence-corrected chi connectivity index (χ3v) is 5.09. The van der Waals surface area contributed by atoms with Gasteiger partial charge >= 0.3 is 0 Å². The molecule has 24 heavy (non-hydrogen) atoms. The molecule has 1 atom stereocenters. The minimum Gasteiger partial charge on any atom is -0.495 e. The highest BCUT2D eigenvalue weighted by molar-refractivity contribution is 5.58. The monoisotopic (exact) mass is 334 g/mol. The second-order valence-corrected chi connectivity index (χ2v) is 6.85. The molecule has 3 rings (SSSR count).